The maximum atomic E-state index is 12.0. The molecule has 1 aromatic carbocycles. The Hall–Kier alpha value is -2.19. The summed E-state index contributed by atoms with van der Waals surface area (Å²) in [5.74, 6) is -0.525. The SMILES string of the molecule is CCCC(Sc1nnc(NC(=O)/C=C/c2ccccc2)s1)C(=O)OCC. The first-order chi connectivity index (χ1) is 12.6. The molecule has 0 saturated heterocycles. The third-order valence-electron chi connectivity index (χ3n) is 3.21. The Balaban J connectivity index is 1.92. The molecule has 1 heterocycles. The molecule has 0 radical (unpaired) electrons. The lowest BCUT2D eigenvalue weighted by atomic mass is 10.2. The largest absolute Gasteiger partial charge is 0.465 e. The quantitative estimate of drug-likeness (QED) is 0.301. The zero-order chi connectivity index (χ0) is 18.8. The molecule has 2 rings (SSSR count). The van der Waals surface area contributed by atoms with E-state index in [1.54, 1.807) is 13.0 Å². The normalized spacial score (nSPS) is 12.1. The molecule has 138 valence electrons. The van der Waals surface area contributed by atoms with Crippen molar-refractivity contribution in [2.24, 2.45) is 0 Å². The highest BCUT2D eigenvalue weighted by Crippen LogP contribution is 2.31. The average Bonchev–Trinajstić information content (AvgIpc) is 3.07. The topological polar surface area (TPSA) is 81.2 Å². The van der Waals surface area contributed by atoms with Crippen molar-refractivity contribution in [3.05, 3.63) is 42.0 Å². The van der Waals surface area contributed by atoms with Crippen LogP contribution in [0, 0.1) is 0 Å². The van der Waals surface area contributed by atoms with Gasteiger partial charge in [-0.2, -0.15) is 0 Å². The molecule has 1 amide bonds. The molecule has 0 aliphatic heterocycles. The molecule has 0 bridgehead atoms. The predicted octanol–water partition coefficient (Wildman–Crippen LogP) is 4.01. The van der Waals surface area contributed by atoms with Crippen LogP contribution in [0.5, 0.6) is 0 Å². The fraction of sp³-hybridized carbons (Fsp3) is 0.333. The smallest absolute Gasteiger partial charge is 0.319 e. The van der Waals surface area contributed by atoms with Crippen LogP contribution >= 0.6 is 23.1 Å². The van der Waals surface area contributed by atoms with Gasteiger partial charge < -0.3 is 4.74 Å². The Bertz CT molecular complexity index is 747. The first kappa shape index (κ1) is 20.1. The summed E-state index contributed by atoms with van der Waals surface area (Å²) in [5.41, 5.74) is 0.938. The third kappa shape index (κ3) is 6.61. The van der Waals surface area contributed by atoms with E-state index in [1.807, 2.05) is 37.3 Å². The summed E-state index contributed by atoms with van der Waals surface area (Å²) in [5, 5.41) is 10.8. The lowest BCUT2D eigenvalue weighted by molar-refractivity contribution is -0.142. The molecule has 6 nitrogen and oxygen atoms in total. The van der Waals surface area contributed by atoms with E-state index in [9.17, 15) is 9.59 Å². The number of nitrogens with one attached hydrogen (secondary N) is 1. The van der Waals surface area contributed by atoms with Crippen molar-refractivity contribution >= 4 is 46.2 Å². The summed E-state index contributed by atoms with van der Waals surface area (Å²) in [6, 6.07) is 9.55. The van der Waals surface area contributed by atoms with E-state index in [2.05, 4.69) is 15.5 Å². The number of hydrogen-bond acceptors (Lipinski definition) is 7. The molecular weight excluding hydrogens is 370 g/mol. The van der Waals surface area contributed by atoms with Crippen LogP contribution < -0.4 is 5.32 Å². The molecular formula is C18H21N3O3S2. The Kier molecular flexibility index (Phi) is 8.30. The lowest BCUT2D eigenvalue weighted by Gasteiger charge is -2.11. The van der Waals surface area contributed by atoms with Gasteiger partial charge in [0.1, 0.15) is 5.25 Å². The minimum atomic E-state index is -0.311. The van der Waals surface area contributed by atoms with Crippen LogP contribution in [-0.2, 0) is 14.3 Å². The fourth-order valence-corrected chi connectivity index (χ4v) is 4.14. The summed E-state index contributed by atoms with van der Waals surface area (Å²) < 4.78 is 5.72. The molecule has 1 N–H and O–H groups in total. The first-order valence-corrected chi connectivity index (χ1v) is 10.0. The van der Waals surface area contributed by atoms with Gasteiger partial charge in [-0.1, -0.05) is 66.8 Å². The molecule has 1 atom stereocenters. The van der Waals surface area contributed by atoms with Crippen LogP contribution in [0.15, 0.2) is 40.7 Å². The van der Waals surface area contributed by atoms with Crippen molar-refractivity contribution in [1.29, 1.82) is 0 Å². The molecule has 0 aliphatic carbocycles. The first-order valence-electron chi connectivity index (χ1n) is 8.33. The van der Waals surface area contributed by atoms with Gasteiger partial charge in [-0.3, -0.25) is 14.9 Å². The Morgan fingerprint density at radius 2 is 2.04 bits per heavy atom. The average molecular weight is 392 g/mol. The minimum Gasteiger partial charge on any atom is -0.465 e. The number of carbonyl (C=O) groups excluding carboxylic acids is 2. The van der Waals surface area contributed by atoms with Gasteiger partial charge in [0.2, 0.25) is 11.0 Å². The number of rotatable bonds is 9. The molecule has 1 aromatic heterocycles. The van der Waals surface area contributed by atoms with Gasteiger partial charge in [0.15, 0.2) is 4.34 Å². The third-order valence-corrected chi connectivity index (χ3v) is 5.37. The van der Waals surface area contributed by atoms with Crippen molar-refractivity contribution in [3.8, 4) is 0 Å². The van der Waals surface area contributed by atoms with Gasteiger partial charge in [0.25, 0.3) is 0 Å². The Morgan fingerprint density at radius 3 is 2.73 bits per heavy atom. The predicted molar refractivity (Wildman–Crippen MR) is 105 cm³/mol. The van der Waals surface area contributed by atoms with Crippen molar-refractivity contribution in [2.45, 2.75) is 36.3 Å². The monoisotopic (exact) mass is 391 g/mol. The highest BCUT2D eigenvalue weighted by molar-refractivity contribution is 8.02. The Morgan fingerprint density at radius 1 is 1.27 bits per heavy atom. The van der Waals surface area contributed by atoms with Gasteiger partial charge in [-0.15, -0.1) is 10.2 Å². The number of carbonyl (C=O) groups is 2. The number of amides is 1. The second-order valence-electron chi connectivity index (χ2n) is 5.25. The van der Waals surface area contributed by atoms with Crippen LogP contribution in [0.2, 0.25) is 0 Å². The van der Waals surface area contributed by atoms with E-state index in [0.29, 0.717) is 22.5 Å². The molecule has 26 heavy (non-hydrogen) atoms. The summed E-state index contributed by atoms with van der Waals surface area (Å²) in [6.45, 7) is 4.15. The highest BCUT2D eigenvalue weighted by atomic mass is 32.2. The Labute approximate surface area is 161 Å². The molecule has 0 spiro atoms. The maximum absolute atomic E-state index is 12.0. The number of ether oxygens (including phenoxy) is 1. The summed E-state index contributed by atoms with van der Waals surface area (Å²) in [4.78, 5) is 23.9. The van der Waals surface area contributed by atoms with E-state index in [-0.39, 0.29) is 17.1 Å². The van der Waals surface area contributed by atoms with Crippen LogP contribution in [-0.4, -0.2) is 33.9 Å². The second kappa shape index (κ2) is 10.7. The van der Waals surface area contributed by atoms with Crippen molar-refractivity contribution < 1.29 is 14.3 Å². The minimum absolute atomic E-state index is 0.245. The molecule has 0 aliphatic rings. The van der Waals surface area contributed by atoms with E-state index < -0.39 is 0 Å². The molecule has 0 saturated carbocycles. The summed E-state index contributed by atoms with van der Waals surface area (Å²) >= 11 is 2.56. The number of aromatic nitrogens is 2. The van der Waals surface area contributed by atoms with E-state index in [0.717, 1.165) is 12.0 Å². The molecule has 2 aromatic rings. The number of anilines is 1. The van der Waals surface area contributed by atoms with Crippen molar-refractivity contribution in [2.75, 3.05) is 11.9 Å². The molecule has 1 unspecified atom stereocenters. The number of thioether (sulfide) groups is 1. The van der Waals surface area contributed by atoms with E-state index >= 15 is 0 Å². The molecule has 0 fully saturated rings. The van der Waals surface area contributed by atoms with E-state index in [1.165, 1.54) is 29.2 Å². The van der Waals surface area contributed by atoms with Crippen LogP contribution in [0.25, 0.3) is 6.08 Å². The van der Waals surface area contributed by atoms with Gasteiger partial charge >= 0.3 is 5.97 Å². The van der Waals surface area contributed by atoms with Gasteiger partial charge in [-0.05, 0) is 25.0 Å². The van der Waals surface area contributed by atoms with Gasteiger partial charge in [0.05, 0.1) is 6.61 Å². The lowest BCUT2D eigenvalue weighted by Crippen LogP contribution is -2.20. The van der Waals surface area contributed by atoms with Crippen molar-refractivity contribution in [1.82, 2.24) is 10.2 Å². The van der Waals surface area contributed by atoms with E-state index in [4.69, 9.17) is 4.74 Å². The zero-order valence-electron chi connectivity index (χ0n) is 14.7. The van der Waals surface area contributed by atoms with Crippen LogP contribution in [0.1, 0.15) is 32.3 Å². The highest BCUT2D eigenvalue weighted by Gasteiger charge is 2.22. The van der Waals surface area contributed by atoms with Crippen LogP contribution in [0.3, 0.4) is 0 Å². The standard InChI is InChI=1S/C18H21N3O3S2/c1-3-8-14(16(23)24-4-2)25-18-21-20-17(26-18)19-15(22)12-11-13-9-6-5-7-10-13/h5-7,9-12,14H,3-4,8H2,1-2H3,(H,19,20,22)/b12-11+. The summed E-state index contributed by atoms with van der Waals surface area (Å²) in [7, 11) is 0. The second-order valence-corrected chi connectivity index (χ2v) is 7.68. The molecule has 8 heteroatoms. The number of hydrogen-bond donors (Lipinski definition) is 1. The van der Waals surface area contributed by atoms with Crippen LogP contribution in [0.4, 0.5) is 5.13 Å². The van der Waals surface area contributed by atoms with Gasteiger partial charge in [0, 0.05) is 6.08 Å². The number of nitrogens with zero attached hydrogens (tertiary/aromatic N) is 2. The number of esters is 1. The number of benzene rings is 1. The van der Waals surface area contributed by atoms with Gasteiger partial charge in [-0.25, -0.2) is 0 Å². The summed E-state index contributed by atoms with van der Waals surface area (Å²) in [6.07, 6.45) is 4.74. The maximum Gasteiger partial charge on any atom is 0.319 e. The zero-order valence-corrected chi connectivity index (χ0v) is 16.3. The fourth-order valence-electron chi connectivity index (χ4n) is 2.04. The van der Waals surface area contributed by atoms with Crippen molar-refractivity contribution in [3.63, 3.8) is 0 Å².